The van der Waals surface area contributed by atoms with Crippen LogP contribution in [0.4, 0.5) is 0 Å². The molecule has 3 nitrogen and oxygen atoms in total. The van der Waals surface area contributed by atoms with Crippen LogP contribution in [0.1, 0.15) is 38.1 Å². The number of rotatable bonds is 4. The van der Waals surface area contributed by atoms with Crippen molar-refractivity contribution >= 4 is 27.3 Å². The Morgan fingerprint density at radius 1 is 1.35 bits per heavy atom. The molecule has 0 aromatic carbocycles. The summed E-state index contributed by atoms with van der Waals surface area (Å²) in [7, 11) is 2.23. The van der Waals surface area contributed by atoms with E-state index in [0.29, 0.717) is 18.1 Å². The van der Waals surface area contributed by atoms with Crippen LogP contribution in [-0.4, -0.2) is 48.1 Å². The van der Waals surface area contributed by atoms with Crippen LogP contribution in [0, 0.1) is 0 Å². The van der Waals surface area contributed by atoms with E-state index in [2.05, 4.69) is 65.7 Å². The Morgan fingerprint density at radius 2 is 1.95 bits per heavy atom. The van der Waals surface area contributed by atoms with Crippen molar-refractivity contribution in [2.24, 2.45) is 5.73 Å². The maximum Gasteiger partial charge on any atom is 0.0702 e. The summed E-state index contributed by atoms with van der Waals surface area (Å²) in [6.45, 7) is 8.98. The average molecular weight is 360 g/mol. The second-order valence-electron chi connectivity index (χ2n) is 5.98. The number of nitrogens with zero attached hydrogens (tertiary/aromatic N) is 2. The minimum atomic E-state index is 0.198. The van der Waals surface area contributed by atoms with Gasteiger partial charge in [-0.2, -0.15) is 0 Å². The van der Waals surface area contributed by atoms with Gasteiger partial charge in [-0.05, 0) is 55.4 Å². The summed E-state index contributed by atoms with van der Waals surface area (Å²) in [5.41, 5.74) is 6.45. The molecule has 1 saturated heterocycles. The molecule has 4 atom stereocenters. The predicted molar refractivity (Wildman–Crippen MR) is 91.3 cm³/mol. The SMILES string of the molecule is CCC(N)C(c1ccc(Br)s1)N1CC(C)N(C)C(C)C1. The molecule has 0 saturated carbocycles. The number of halogens is 1. The van der Waals surface area contributed by atoms with Crippen molar-refractivity contribution in [3.05, 3.63) is 20.8 Å². The molecule has 0 bridgehead atoms. The highest BCUT2D eigenvalue weighted by atomic mass is 79.9. The predicted octanol–water partition coefficient (Wildman–Crippen LogP) is 3.31. The zero-order valence-corrected chi connectivity index (χ0v) is 15.2. The lowest BCUT2D eigenvalue weighted by molar-refractivity contribution is 0.0264. The molecule has 0 aliphatic carbocycles. The van der Waals surface area contributed by atoms with Crippen LogP contribution < -0.4 is 5.73 Å². The van der Waals surface area contributed by atoms with Gasteiger partial charge >= 0.3 is 0 Å². The molecular formula is C15H26BrN3S. The Kier molecular flexibility index (Phi) is 5.65. The first-order valence-corrected chi connectivity index (χ1v) is 9.01. The third kappa shape index (κ3) is 3.45. The molecule has 0 amide bonds. The van der Waals surface area contributed by atoms with E-state index < -0.39 is 0 Å². The zero-order valence-electron chi connectivity index (χ0n) is 12.8. The lowest BCUT2D eigenvalue weighted by Crippen LogP contribution is -2.57. The van der Waals surface area contributed by atoms with E-state index in [-0.39, 0.29) is 6.04 Å². The fraction of sp³-hybridized carbons (Fsp3) is 0.733. The van der Waals surface area contributed by atoms with Gasteiger partial charge in [0, 0.05) is 36.1 Å². The van der Waals surface area contributed by atoms with Gasteiger partial charge in [0.1, 0.15) is 0 Å². The van der Waals surface area contributed by atoms with E-state index in [1.807, 2.05) is 11.3 Å². The van der Waals surface area contributed by atoms with E-state index in [4.69, 9.17) is 5.73 Å². The van der Waals surface area contributed by atoms with Crippen molar-refractivity contribution in [2.45, 2.75) is 51.4 Å². The molecule has 1 aliphatic heterocycles. The first-order chi connectivity index (χ1) is 9.43. The molecule has 2 rings (SSSR count). The molecule has 1 aliphatic rings. The summed E-state index contributed by atoms with van der Waals surface area (Å²) in [6, 6.07) is 6.06. The Bertz CT molecular complexity index is 425. The summed E-state index contributed by atoms with van der Waals surface area (Å²) < 4.78 is 1.19. The third-order valence-corrected chi connectivity index (χ3v) is 6.24. The summed E-state index contributed by atoms with van der Waals surface area (Å²) in [4.78, 5) is 6.44. The second kappa shape index (κ2) is 6.88. The van der Waals surface area contributed by atoms with Crippen LogP contribution in [0.25, 0.3) is 0 Å². The van der Waals surface area contributed by atoms with E-state index >= 15 is 0 Å². The first kappa shape index (κ1) is 16.4. The summed E-state index contributed by atoms with van der Waals surface area (Å²) >= 11 is 5.40. The van der Waals surface area contributed by atoms with Crippen LogP contribution >= 0.6 is 27.3 Å². The Morgan fingerprint density at radius 3 is 2.40 bits per heavy atom. The van der Waals surface area contributed by atoms with Crippen LogP contribution in [0.15, 0.2) is 15.9 Å². The Labute approximate surface area is 135 Å². The van der Waals surface area contributed by atoms with Gasteiger partial charge in [0.05, 0.1) is 9.83 Å². The van der Waals surface area contributed by atoms with E-state index in [1.54, 1.807) is 0 Å². The number of thiophene rings is 1. The molecular weight excluding hydrogens is 334 g/mol. The fourth-order valence-electron chi connectivity index (χ4n) is 3.04. The average Bonchev–Trinajstić information content (AvgIpc) is 2.82. The minimum absolute atomic E-state index is 0.198. The molecule has 20 heavy (non-hydrogen) atoms. The molecule has 1 aromatic heterocycles. The Balaban J connectivity index is 2.23. The molecule has 5 heteroatoms. The van der Waals surface area contributed by atoms with Crippen molar-refractivity contribution in [1.29, 1.82) is 0 Å². The van der Waals surface area contributed by atoms with Crippen LogP contribution in [0.3, 0.4) is 0 Å². The molecule has 0 spiro atoms. The van der Waals surface area contributed by atoms with Gasteiger partial charge < -0.3 is 5.73 Å². The highest BCUT2D eigenvalue weighted by molar-refractivity contribution is 9.11. The quantitative estimate of drug-likeness (QED) is 0.894. The third-order valence-electron chi connectivity index (χ3n) is 4.54. The van der Waals surface area contributed by atoms with E-state index in [0.717, 1.165) is 19.5 Å². The van der Waals surface area contributed by atoms with Crippen molar-refractivity contribution in [1.82, 2.24) is 9.80 Å². The smallest absolute Gasteiger partial charge is 0.0702 e. The van der Waals surface area contributed by atoms with Crippen LogP contribution in [0.2, 0.25) is 0 Å². The van der Waals surface area contributed by atoms with Gasteiger partial charge in [-0.25, -0.2) is 0 Å². The molecule has 2 N–H and O–H groups in total. The largest absolute Gasteiger partial charge is 0.326 e. The standard InChI is InChI=1S/C15H26BrN3S/c1-5-12(17)15(13-6-7-14(16)20-13)19-8-10(2)18(4)11(3)9-19/h6-7,10-12,15H,5,8-9,17H2,1-4H3. The highest BCUT2D eigenvalue weighted by Crippen LogP contribution is 2.35. The van der Waals surface area contributed by atoms with Gasteiger partial charge in [0.25, 0.3) is 0 Å². The number of nitrogens with two attached hydrogens (primary N) is 1. The fourth-order valence-corrected chi connectivity index (χ4v) is 4.68. The number of hydrogen-bond donors (Lipinski definition) is 1. The molecule has 0 radical (unpaired) electrons. The lowest BCUT2D eigenvalue weighted by Gasteiger charge is -2.46. The summed E-state index contributed by atoms with van der Waals surface area (Å²) in [5, 5.41) is 0. The molecule has 114 valence electrons. The van der Waals surface area contributed by atoms with Gasteiger partial charge in [0.15, 0.2) is 0 Å². The summed E-state index contributed by atoms with van der Waals surface area (Å²) in [5.74, 6) is 0. The minimum Gasteiger partial charge on any atom is -0.326 e. The number of hydrogen-bond acceptors (Lipinski definition) is 4. The first-order valence-electron chi connectivity index (χ1n) is 7.40. The molecule has 4 unspecified atom stereocenters. The van der Waals surface area contributed by atoms with Gasteiger partial charge in [0.2, 0.25) is 0 Å². The zero-order chi connectivity index (χ0) is 14.9. The molecule has 2 heterocycles. The monoisotopic (exact) mass is 359 g/mol. The highest BCUT2D eigenvalue weighted by Gasteiger charge is 2.34. The van der Waals surface area contributed by atoms with E-state index in [1.165, 1.54) is 8.66 Å². The van der Waals surface area contributed by atoms with Crippen LogP contribution in [0.5, 0.6) is 0 Å². The lowest BCUT2D eigenvalue weighted by atomic mass is 9.99. The van der Waals surface area contributed by atoms with Crippen molar-refractivity contribution < 1.29 is 0 Å². The topological polar surface area (TPSA) is 32.5 Å². The normalized spacial score (nSPS) is 28.5. The summed E-state index contributed by atoms with van der Waals surface area (Å²) in [6.07, 6.45) is 1.01. The van der Waals surface area contributed by atoms with Crippen molar-refractivity contribution in [3.63, 3.8) is 0 Å². The number of piperazine rings is 1. The van der Waals surface area contributed by atoms with Gasteiger partial charge in [-0.3, -0.25) is 9.80 Å². The van der Waals surface area contributed by atoms with Gasteiger partial charge in [-0.15, -0.1) is 11.3 Å². The Hall–Kier alpha value is 0.0600. The van der Waals surface area contributed by atoms with E-state index in [9.17, 15) is 0 Å². The second-order valence-corrected chi connectivity index (χ2v) is 8.47. The van der Waals surface area contributed by atoms with Crippen molar-refractivity contribution in [3.8, 4) is 0 Å². The van der Waals surface area contributed by atoms with Gasteiger partial charge in [-0.1, -0.05) is 6.92 Å². The molecule has 1 aromatic rings. The maximum absolute atomic E-state index is 6.45. The van der Waals surface area contributed by atoms with Crippen molar-refractivity contribution in [2.75, 3.05) is 20.1 Å². The molecule has 1 fully saturated rings. The maximum atomic E-state index is 6.45. The number of likely N-dealkylation sites (N-methyl/N-ethyl adjacent to an activating group) is 1. The van der Waals surface area contributed by atoms with Crippen LogP contribution in [-0.2, 0) is 0 Å².